The van der Waals surface area contributed by atoms with Crippen LogP contribution in [0.2, 0.25) is 0 Å². The van der Waals surface area contributed by atoms with Gasteiger partial charge in [0.25, 0.3) is 0 Å². The summed E-state index contributed by atoms with van der Waals surface area (Å²) < 4.78 is 0. The van der Waals surface area contributed by atoms with Crippen LogP contribution in [-0.4, -0.2) is 6.21 Å². The highest BCUT2D eigenvalue weighted by atomic mass is 14.7. The SMILES string of the molecule is C=C(c1cccc(CC(/C(=C/C)N=CCC)c2cccc(C)c2C)c1)C1CC1. The standard InChI is InChI=1S/C27H33N/c1-6-16-28-27(7-2)26(25-13-8-10-19(3)20(25)4)18-22-11-9-12-24(17-22)21(5)23-14-15-23/h7-13,16-17,23,26H,5-6,14-15,18H2,1-4H3/b27-7-,28-16?. The minimum Gasteiger partial charge on any atom is -0.265 e. The third-order valence-electron chi connectivity index (χ3n) is 5.91. The lowest BCUT2D eigenvalue weighted by atomic mass is 9.84. The Morgan fingerprint density at radius 3 is 2.61 bits per heavy atom. The van der Waals surface area contributed by atoms with Gasteiger partial charge in [-0.1, -0.05) is 62.0 Å². The topological polar surface area (TPSA) is 12.4 Å². The summed E-state index contributed by atoms with van der Waals surface area (Å²) in [6.07, 6.45) is 8.69. The van der Waals surface area contributed by atoms with Gasteiger partial charge in [-0.15, -0.1) is 0 Å². The van der Waals surface area contributed by atoms with Crippen LogP contribution in [0.1, 0.15) is 66.8 Å². The Morgan fingerprint density at radius 2 is 1.93 bits per heavy atom. The van der Waals surface area contributed by atoms with Crippen molar-refractivity contribution in [1.29, 1.82) is 0 Å². The van der Waals surface area contributed by atoms with Crippen LogP contribution in [0, 0.1) is 19.8 Å². The lowest BCUT2D eigenvalue weighted by Crippen LogP contribution is -2.09. The van der Waals surface area contributed by atoms with Crippen molar-refractivity contribution in [1.82, 2.24) is 0 Å². The third-order valence-corrected chi connectivity index (χ3v) is 5.91. The molecule has 0 saturated heterocycles. The summed E-state index contributed by atoms with van der Waals surface area (Å²) >= 11 is 0. The van der Waals surface area contributed by atoms with Gasteiger partial charge in [0.05, 0.1) is 0 Å². The van der Waals surface area contributed by atoms with Crippen LogP contribution in [0.4, 0.5) is 0 Å². The monoisotopic (exact) mass is 371 g/mol. The lowest BCUT2D eigenvalue weighted by molar-refractivity contribution is 0.766. The molecule has 0 bridgehead atoms. The summed E-state index contributed by atoms with van der Waals surface area (Å²) in [6.45, 7) is 13.0. The molecule has 28 heavy (non-hydrogen) atoms. The van der Waals surface area contributed by atoms with Crippen LogP contribution in [0.25, 0.3) is 5.57 Å². The molecule has 1 unspecified atom stereocenters. The lowest BCUT2D eigenvalue weighted by Gasteiger charge is -2.22. The third kappa shape index (κ3) is 4.70. The first-order chi connectivity index (χ1) is 13.5. The first-order valence-electron chi connectivity index (χ1n) is 10.6. The van der Waals surface area contributed by atoms with Crippen molar-refractivity contribution in [3.05, 3.63) is 88.6 Å². The average Bonchev–Trinajstić information content (AvgIpc) is 3.55. The molecule has 0 spiro atoms. The smallest absolute Gasteiger partial charge is 0.0435 e. The van der Waals surface area contributed by atoms with E-state index in [1.165, 1.54) is 46.2 Å². The Balaban J connectivity index is 1.97. The van der Waals surface area contributed by atoms with Gasteiger partial charge in [0.2, 0.25) is 0 Å². The van der Waals surface area contributed by atoms with E-state index in [4.69, 9.17) is 4.99 Å². The van der Waals surface area contributed by atoms with Crippen molar-refractivity contribution in [2.75, 3.05) is 0 Å². The Kier molecular flexibility index (Phi) is 6.67. The Bertz CT molecular complexity index is 896. The molecule has 3 rings (SSSR count). The van der Waals surface area contributed by atoms with E-state index in [1.54, 1.807) is 0 Å². The van der Waals surface area contributed by atoms with Gasteiger partial charge >= 0.3 is 0 Å². The highest BCUT2D eigenvalue weighted by molar-refractivity contribution is 5.67. The molecule has 1 atom stereocenters. The van der Waals surface area contributed by atoms with Crippen LogP contribution in [-0.2, 0) is 6.42 Å². The molecule has 2 aromatic carbocycles. The molecule has 1 fully saturated rings. The molecule has 1 heteroatoms. The first kappa shape index (κ1) is 20.3. The highest BCUT2D eigenvalue weighted by Crippen LogP contribution is 2.41. The number of hydrogen-bond donors (Lipinski definition) is 0. The molecule has 0 aliphatic heterocycles. The molecule has 1 aliphatic rings. The van der Waals surface area contributed by atoms with Gasteiger partial charge in [-0.25, -0.2) is 0 Å². The van der Waals surface area contributed by atoms with Crippen LogP contribution >= 0.6 is 0 Å². The van der Waals surface area contributed by atoms with Crippen molar-refractivity contribution < 1.29 is 0 Å². The molecule has 0 aromatic heterocycles. The zero-order valence-electron chi connectivity index (χ0n) is 17.8. The second kappa shape index (κ2) is 9.19. The second-order valence-electron chi connectivity index (χ2n) is 7.98. The van der Waals surface area contributed by atoms with Gasteiger partial charge in [0, 0.05) is 17.8 Å². The number of aliphatic imine (C=N–C) groups is 1. The molecular formula is C27H33N. The molecule has 2 aromatic rings. The fourth-order valence-electron chi connectivity index (χ4n) is 3.89. The van der Waals surface area contributed by atoms with E-state index in [-0.39, 0.29) is 5.92 Å². The van der Waals surface area contributed by atoms with Crippen molar-refractivity contribution in [3.8, 4) is 0 Å². The zero-order chi connectivity index (χ0) is 20.1. The number of nitrogens with zero attached hydrogens (tertiary/aromatic N) is 1. The van der Waals surface area contributed by atoms with E-state index in [2.05, 4.69) is 82.8 Å². The van der Waals surface area contributed by atoms with Crippen molar-refractivity contribution in [2.45, 2.75) is 59.3 Å². The Morgan fingerprint density at radius 1 is 1.18 bits per heavy atom. The van der Waals surface area contributed by atoms with E-state index in [0.717, 1.165) is 18.5 Å². The summed E-state index contributed by atoms with van der Waals surface area (Å²) in [5, 5.41) is 0. The summed E-state index contributed by atoms with van der Waals surface area (Å²) in [7, 11) is 0. The fraction of sp³-hybridized carbons (Fsp3) is 0.370. The van der Waals surface area contributed by atoms with E-state index in [9.17, 15) is 0 Å². The van der Waals surface area contributed by atoms with Gasteiger partial charge in [-0.2, -0.15) is 0 Å². The van der Waals surface area contributed by atoms with E-state index >= 15 is 0 Å². The minimum atomic E-state index is 0.261. The Labute approximate surface area is 170 Å². The van der Waals surface area contributed by atoms with Crippen molar-refractivity contribution in [2.24, 2.45) is 10.9 Å². The van der Waals surface area contributed by atoms with Crippen LogP contribution in [0.15, 0.2) is 65.8 Å². The predicted octanol–water partition coefficient (Wildman–Crippen LogP) is 7.44. The molecule has 146 valence electrons. The largest absolute Gasteiger partial charge is 0.265 e. The molecule has 1 nitrogen and oxygen atoms in total. The average molecular weight is 372 g/mol. The van der Waals surface area contributed by atoms with Crippen LogP contribution in [0.5, 0.6) is 0 Å². The molecular weight excluding hydrogens is 338 g/mol. The van der Waals surface area contributed by atoms with Gasteiger partial charge < -0.3 is 0 Å². The highest BCUT2D eigenvalue weighted by Gasteiger charge is 2.26. The maximum absolute atomic E-state index is 4.82. The molecule has 0 amide bonds. The molecule has 0 heterocycles. The van der Waals surface area contributed by atoms with Gasteiger partial charge in [-0.05, 0) is 85.8 Å². The molecule has 1 saturated carbocycles. The fourth-order valence-corrected chi connectivity index (χ4v) is 3.89. The number of allylic oxidation sites excluding steroid dienone is 3. The van der Waals surface area contributed by atoms with E-state index in [1.807, 2.05) is 6.21 Å². The predicted molar refractivity (Wildman–Crippen MR) is 123 cm³/mol. The molecule has 0 radical (unpaired) electrons. The summed E-state index contributed by atoms with van der Waals surface area (Å²) in [6, 6.07) is 15.6. The van der Waals surface area contributed by atoms with Gasteiger partial charge in [0.1, 0.15) is 0 Å². The minimum absolute atomic E-state index is 0.261. The van der Waals surface area contributed by atoms with Crippen molar-refractivity contribution >= 4 is 11.8 Å². The molecule has 0 N–H and O–H groups in total. The van der Waals surface area contributed by atoms with Crippen LogP contribution < -0.4 is 0 Å². The number of benzene rings is 2. The normalized spacial score (nSPS) is 15.8. The number of aryl methyl sites for hydroxylation is 1. The van der Waals surface area contributed by atoms with Crippen LogP contribution in [0.3, 0.4) is 0 Å². The van der Waals surface area contributed by atoms with E-state index < -0.39 is 0 Å². The zero-order valence-corrected chi connectivity index (χ0v) is 17.8. The summed E-state index contributed by atoms with van der Waals surface area (Å²) in [5.41, 5.74) is 9.22. The van der Waals surface area contributed by atoms with E-state index in [0.29, 0.717) is 5.92 Å². The second-order valence-corrected chi connectivity index (χ2v) is 7.98. The number of rotatable bonds is 8. The first-order valence-corrected chi connectivity index (χ1v) is 10.6. The quantitative estimate of drug-likeness (QED) is 0.428. The Hall–Kier alpha value is -2.41. The van der Waals surface area contributed by atoms with Gasteiger partial charge in [0.15, 0.2) is 0 Å². The maximum Gasteiger partial charge on any atom is 0.0435 e. The van der Waals surface area contributed by atoms with Crippen molar-refractivity contribution in [3.63, 3.8) is 0 Å². The number of hydrogen-bond acceptors (Lipinski definition) is 1. The summed E-state index contributed by atoms with van der Waals surface area (Å²) in [4.78, 5) is 4.82. The maximum atomic E-state index is 4.82. The van der Waals surface area contributed by atoms with Gasteiger partial charge in [-0.3, -0.25) is 4.99 Å². The summed E-state index contributed by atoms with van der Waals surface area (Å²) in [5.74, 6) is 0.961. The molecule has 1 aliphatic carbocycles.